The number of nitrogens with zero attached hydrogens (tertiary/aromatic N) is 1. The summed E-state index contributed by atoms with van der Waals surface area (Å²) in [6, 6.07) is 11.8. The van der Waals surface area contributed by atoms with Crippen molar-refractivity contribution in [2.75, 3.05) is 13.7 Å². The van der Waals surface area contributed by atoms with Gasteiger partial charge in [0.1, 0.15) is 5.75 Å². The lowest BCUT2D eigenvalue weighted by Gasteiger charge is -2.11. The molecule has 0 saturated carbocycles. The fourth-order valence-corrected chi connectivity index (χ4v) is 3.32. The standard InChI is InChI=1S/C27H36N2O5/c1-4-6-7-8-9-10-11-12-26(30)29-28-20-21-13-18-24(25(19-21)33-5-2)34-27(31)22-14-16-23(32-3)17-15-22/h13-20H,4-12H2,1-3H3,(H,29,30)/b28-20+. The number of benzene rings is 2. The minimum absolute atomic E-state index is 0.0973. The summed E-state index contributed by atoms with van der Waals surface area (Å²) in [6.07, 6.45) is 10.2. The van der Waals surface area contributed by atoms with E-state index < -0.39 is 5.97 Å². The number of rotatable bonds is 15. The summed E-state index contributed by atoms with van der Waals surface area (Å²) >= 11 is 0. The van der Waals surface area contributed by atoms with Gasteiger partial charge in [-0.05, 0) is 61.4 Å². The zero-order valence-corrected chi connectivity index (χ0v) is 20.5. The van der Waals surface area contributed by atoms with Crippen LogP contribution in [0, 0.1) is 0 Å². The van der Waals surface area contributed by atoms with Crippen molar-refractivity contribution in [1.82, 2.24) is 5.43 Å². The van der Waals surface area contributed by atoms with Gasteiger partial charge in [-0.3, -0.25) is 4.79 Å². The molecular weight excluding hydrogens is 432 g/mol. The lowest BCUT2D eigenvalue weighted by Crippen LogP contribution is -2.16. The average Bonchev–Trinajstić information content (AvgIpc) is 2.85. The summed E-state index contributed by atoms with van der Waals surface area (Å²) in [6.45, 7) is 4.46. The number of hydrazone groups is 1. The van der Waals surface area contributed by atoms with Gasteiger partial charge in [0.05, 0.1) is 25.5 Å². The van der Waals surface area contributed by atoms with Crippen LogP contribution < -0.4 is 19.6 Å². The number of carbonyl (C=O) groups is 2. The molecule has 0 saturated heterocycles. The van der Waals surface area contributed by atoms with E-state index in [1.165, 1.54) is 32.1 Å². The van der Waals surface area contributed by atoms with E-state index in [4.69, 9.17) is 14.2 Å². The Morgan fingerprint density at radius 3 is 2.29 bits per heavy atom. The highest BCUT2D eigenvalue weighted by atomic mass is 16.6. The van der Waals surface area contributed by atoms with Crippen molar-refractivity contribution in [1.29, 1.82) is 0 Å². The molecule has 34 heavy (non-hydrogen) atoms. The zero-order valence-electron chi connectivity index (χ0n) is 20.5. The second kappa shape index (κ2) is 15.5. The number of carbonyl (C=O) groups excluding carboxylic acids is 2. The molecule has 7 heteroatoms. The first-order chi connectivity index (χ1) is 16.6. The predicted molar refractivity (Wildman–Crippen MR) is 134 cm³/mol. The molecule has 0 radical (unpaired) electrons. The highest BCUT2D eigenvalue weighted by Crippen LogP contribution is 2.29. The van der Waals surface area contributed by atoms with E-state index in [9.17, 15) is 9.59 Å². The van der Waals surface area contributed by atoms with Gasteiger partial charge in [0.25, 0.3) is 0 Å². The first-order valence-corrected chi connectivity index (χ1v) is 12.0. The first kappa shape index (κ1) is 26.9. The molecule has 1 N–H and O–H groups in total. The van der Waals surface area contributed by atoms with E-state index >= 15 is 0 Å². The molecule has 184 valence electrons. The summed E-state index contributed by atoms with van der Waals surface area (Å²) in [4.78, 5) is 24.5. The molecule has 0 spiro atoms. The molecule has 0 heterocycles. The number of unbranched alkanes of at least 4 members (excludes halogenated alkanes) is 6. The van der Waals surface area contributed by atoms with Crippen molar-refractivity contribution in [2.45, 2.75) is 65.2 Å². The fourth-order valence-electron chi connectivity index (χ4n) is 3.32. The van der Waals surface area contributed by atoms with Gasteiger partial charge in [0.2, 0.25) is 5.91 Å². The van der Waals surface area contributed by atoms with Gasteiger partial charge in [-0.15, -0.1) is 0 Å². The van der Waals surface area contributed by atoms with Crippen molar-refractivity contribution in [3.63, 3.8) is 0 Å². The Bertz CT molecular complexity index is 925. The van der Waals surface area contributed by atoms with Crippen LogP contribution in [0.15, 0.2) is 47.6 Å². The monoisotopic (exact) mass is 468 g/mol. The van der Waals surface area contributed by atoms with Crippen LogP contribution in [0.3, 0.4) is 0 Å². The van der Waals surface area contributed by atoms with Crippen molar-refractivity contribution >= 4 is 18.1 Å². The minimum atomic E-state index is -0.498. The molecule has 0 atom stereocenters. The highest BCUT2D eigenvalue weighted by molar-refractivity contribution is 5.91. The van der Waals surface area contributed by atoms with E-state index in [0.29, 0.717) is 41.4 Å². The largest absolute Gasteiger partial charge is 0.497 e. The van der Waals surface area contributed by atoms with Crippen molar-refractivity contribution < 1.29 is 23.8 Å². The third-order valence-corrected chi connectivity index (χ3v) is 5.21. The van der Waals surface area contributed by atoms with E-state index in [2.05, 4.69) is 17.5 Å². The van der Waals surface area contributed by atoms with Gasteiger partial charge in [-0.2, -0.15) is 5.10 Å². The topological polar surface area (TPSA) is 86.2 Å². The number of nitrogens with one attached hydrogen (secondary N) is 1. The van der Waals surface area contributed by atoms with Gasteiger partial charge < -0.3 is 14.2 Å². The van der Waals surface area contributed by atoms with Gasteiger partial charge in [-0.25, -0.2) is 10.2 Å². The average molecular weight is 469 g/mol. The van der Waals surface area contributed by atoms with Gasteiger partial charge in [-0.1, -0.05) is 45.4 Å². The molecule has 0 aromatic heterocycles. The maximum absolute atomic E-state index is 12.5. The molecule has 7 nitrogen and oxygen atoms in total. The lowest BCUT2D eigenvalue weighted by molar-refractivity contribution is -0.121. The summed E-state index contributed by atoms with van der Waals surface area (Å²) < 4.78 is 16.3. The minimum Gasteiger partial charge on any atom is -0.497 e. The molecule has 2 rings (SSSR count). The highest BCUT2D eigenvalue weighted by Gasteiger charge is 2.13. The number of amides is 1. The van der Waals surface area contributed by atoms with Crippen molar-refractivity contribution in [2.24, 2.45) is 5.10 Å². The number of methoxy groups -OCH3 is 1. The van der Waals surface area contributed by atoms with Crippen LogP contribution in [0.5, 0.6) is 17.2 Å². The third-order valence-electron chi connectivity index (χ3n) is 5.21. The molecule has 2 aromatic rings. The van der Waals surface area contributed by atoms with E-state index in [0.717, 1.165) is 12.8 Å². The molecule has 1 amide bonds. The second-order valence-electron chi connectivity index (χ2n) is 7.92. The van der Waals surface area contributed by atoms with Crippen molar-refractivity contribution in [3.05, 3.63) is 53.6 Å². The summed E-state index contributed by atoms with van der Waals surface area (Å²) in [5.41, 5.74) is 3.68. The number of hydrogen-bond donors (Lipinski definition) is 1. The van der Waals surface area contributed by atoms with Gasteiger partial charge in [0.15, 0.2) is 11.5 Å². The first-order valence-electron chi connectivity index (χ1n) is 12.0. The SMILES string of the molecule is CCCCCCCCCC(=O)N/N=C/c1ccc(OC(=O)c2ccc(OC)cc2)c(OCC)c1. The summed E-state index contributed by atoms with van der Waals surface area (Å²) in [5, 5.41) is 4.04. The van der Waals surface area contributed by atoms with Gasteiger partial charge in [0, 0.05) is 6.42 Å². The lowest BCUT2D eigenvalue weighted by atomic mass is 10.1. The Balaban J connectivity index is 1.87. The number of hydrogen-bond acceptors (Lipinski definition) is 6. The Morgan fingerprint density at radius 2 is 1.62 bits per heavy atom. The molecule has 0 fully saturated rings. The summed E-state index contributed by atoms with van der Waals surface area (Å²) in [5.74, 6) is 0.790. The second-order valence-corrected chi connectivity index (χ2v) is 7.92. The molecule has 0 bridgehead atoms. The maximum Gasteiger partial charge on any atom is 0.343 e. The van der Waals surface area contributed by atoms with Crippen LogP contribution in [-0.2, 0) is 4.79 Å². The van der Waals surface area contributed by atoms with Crippen molar-refractivity contribution in [3.8, 4) is 17.2 Å². The van der Waals surface area contributed by atoms with E-state index in [-0.39, 0.29) is 5.91 Å². The maximum atomic E-state index is 12.5. The molecule has 0 aliphatic rings. The zero-order chi connectivity index (χ0) is 24.6. The molecular formula is C27H36N2O5. The van der Waals surface area contributed by atoms with Crippen LogP contribution in [0.1, 0.15) is 81.1 Å². The molecule has 0 aliphatic heterocycles. The normalized spacial score (nSPS) is 10.8. The Kier molecular flexibility index (Phi) is 12.2. The Morgan fingerprint density at radius 1 is 0.912 bits per heavy atom. The Labute approximate surface area is 202 Å². The third kappa shape index (κ3) is 9.65. The van der Waals surface area contributed by atoms with Gasteiger partial charge >= 0.3 is 5.97 Å². The van der Waals surface area contributed by atoms with Crippen LogP contribution >= 0.6 is 0 Å². The number of esters is 1. The quantitative estimate of drug-likeness (QED) is 0.116. The number of ether oxygens (including phenoxy) is 3. The fraction of sp³-hybridized carbons (Fsp3) is 0.444. The van der Waals surface area contributed by atoms with Crippen LogP contribution in [0.2, 0.25) is 0 Å². The molecule has 2 aromatic carbocycles. The van der Waals surface area contributed by atoms with Crippen LogP contribution in [0.4, 0.5) is 0 Å². The predicted octanol–water partition coefficient (Wildman–Crippen LogP) is 5.90. The smallest absolute Gasteiger partial charge is 0.343 e. The summed E-state index contributed by atoms with van der Waals surface area (Å²) in [7, 11) is 1.56. The molecule has 0 aliphatic carbocycles. The van der Waals surface area contributed by atoms with Crippen LogP contribution in [-0.4, -0.2) is 31.8 Å². The Hall–Kier alpha value is -3.35. The molecule has 0 unspecified atom stereocenters. The van der Waals surface area contributed by atoms with E-state index in [1.54, 1.807) is 55.8 Å². The van der Waals surface area contributed by atoms with E-state index in [1.807, 2.05) is 6.92 Å². The van der Waals surface area contributed by atoms with Crippen LogP contribution in [0.25, 0.3) is 0 Å².